The summed E-state index contributed by atoms with van der Waals surface area (Å²) in [5.74, 6) is 0. The second-order valence-corrected chi connectivity index (χ2v) is 31.4. The van der Waals surface area contributed by atoms with Crippen LogP contribution < -0.4 is 19.6 Å². The highest BCUT2D eigenvalue weighted by atomic mass is 15.2. The summed E-state index contributed by atoms with van der Waals surface area (Å²) < 4.78 is 4.66. The van der Waals surface area contributed by atoms with Crippen LogP contribution in [-0.2, 0) is 0 Å². The zero-order valence-electron chi connectivity index (χ0n) is 78.7. The summed E-state index contributed by atoms with van der Waals surface area (Å²) >= 11 is 0. The molecule has 2 heterocycles. The number of hydrogen-bond acceptors (Lipinski definition) is 4. The van der Waals surface area contributed by atoms with Crippen LogP contribution in [0.15, 0.2) is 552 Å². The minimum atomic E-state index is 1.15. The molecule has 664 valence electrons. The number of para-hydroxylation sites is 14. The third kappa shape index (κ3) is 24.3. The van der Waals surface area contributed by atoms with E-state index in [0.29, 0.717) is 0 Å². The molecule has 0 unspecified atom stereocenters. The number of aromatic nitrogens is 2. The van der Waals surface area contributed by atoms with E-state index in [1.807, 2.05) is 102 Å². The zero-order valence-corrected chi connectivity index (χ0v) is 78.7. The molecule has 0 saturated carbocycles. The number of rotatable bonds is 16. The van der Waals surface area contributed by atoms with Crippen molar-refractivity contribution in [2.24, 2.45) is 0 Å². The van der Waals surface area contributed by atoms with Crippen molar-refractivity contribution in [3.63, 3.8) is 0 Å². The van der Waals surface area contributed by atoms with Gasteiger partial charge in [-0.15, -0.1) is 0 Å². The molecule has 0 aliphatic rings. The summed E-state index contributed by atoms with van der Waals surface area (Å²) in [5, 5.41) is 5.25. The highest BCUT2D eigenvalue weighted by Crippen LogP contribution is 2.41. The molecule has 0 aliphatic heterocycles. The van der Waals surface area contributed by atoms with Gasteiger partial charge in [-0.05, 0) is 243 Å². The van der Waals surface area contributed by atoms with E-state index in [1.165, 1.54) is 128 Å². The van der Waals surface area contributed by atoms with E-state index in [1.54, 1.807) is 0 Å². The van der Waals surface area contributed by atoms with Crippen LogP contribution in [0.25, 0.3) is 77.2 Å². The normalized spacial score (nSPS) is 10.3. The maximum atomic E-state index is 2.34. The lowest BCUT2D eigenvalue weighted by molar-refractivity contribution is 1.18. The molecule has 0 spiro atoms. The fourth-order valence-electron chi connectivity index (χ4n) is 16.4. The van der Waals surface area contributed by atoms with Gasteiger partial charge in [-0.3, -0.25) is 0 Å². The number of hydrogen-bond donors (Lipinski definition) is 0. The largest absolute Gasteiger partial charge is 0.311 e. The smallest absolute Gasteiger partial charge is 0.0541 e. The van der Waals surface area contributed by atoms with Gasteiger partial charge in [-0.1, -0.05) is 410 Å². The van der Waals surface area contributed by atoms with Crippen molar-refractivity contribution >= 4 is 112 Å². The Balaban J connectivity index is 0.000000129. The average molecular weight is 1750 g/mol. The van der Waals surface area contributed by atoms with Crippen LogP contribution in [0.5, 0.6) is 0 Å². The molecule has 0 bridgehead atoms. The van der Waals surface area contributed by atoms with E-state index < -0.39 is 0 Å². The van der Waals surface area contributed by atoms with Crippen molar-refractivity contribution in [3.05, 3.63) is 569 Å². The zero-order chi connectivity index (χ0) is 93.6. The molecule has 0 amide bonds. The van der Waals surface area contributed by atoms with Gasteiger partial charge in [0.05, 0.1) is 22.1 Å². The molecule has 0 fully saturated rings. The minimum Gasteiger partial charge on any atom is -0.311 e. The first kappa shape index (κ1) is 94.3. The fourth-order valence-corrected chi connectivity index (χ4v) is 16.4. The van der Waals surface area contributed by atoms with Crippen LogP contribution in [-0.4, -0.2) is 9.13 Å². The highest BCUT2D eigenvalue weighted by Gasteiger charge is 2.19. The molecular formula is C129H118N6. The van der Waals surface area contributed by atoms with Gasteiger partial charge in [0.1, 0.15) is 0 Å². The summed E-state index contributed by atoms with van der Waals surface area (Å²) in [4.78, 5) is 9.06. The van der Waals surface area contributed by atoms with E-state index >= 15 is 0 Å². The van der Waals surface area contributed by atoms with E-state index in [4.69, 9.17) is 0 Å². The Morgan fingerprint density at radius 3 is 0.548 bits per heavy atom. The number of benzene rings is 20. The lowest BCUT2D eigenvalue weighted by Crippen LogP contribution is -2.09. The molecule has 2 aromatic heterocycles. The van der Waals surface area contributed by atoms with Crippen LogP contribution in [0.4, 0.5) is 68.2 Å². The molecule has 0 saturated heterocycles. The quantitative estimate of drug-likeness (QED) is 0.0962. The van der Waals surface area contributed by atoms with Gasteiger partial charge >= 0.3 is 0 Å². The Morgan fingerprint density at radius 1 is 0.133 bits per heavy atom. The van der Waals surface area contributed by atoms with Crippen LogP contribution in [0.2, 0.25) is 0 Å². The molecule has 22 aromatic rings. The van der Waals surface area contributed by atoms with Gasteiger partial charge < -0.3 is 28.7 Å². The van der Waals surface area contributed by atoms with Crippen molar-refractivity contribution in [3.8, 4) is 33.6 Å². The predicted octanol–water partition coefficient (Wildman–Crippen LogP) is 37.5. The topological polar surface area (TPSA) is 22.8 Å². The average Bonchev–Trinajstić information content (AvgIpc) is 1.61. The number of nitrogens with zero attached hydrogens (tertiary/aromatic N) is 6. The van der Waals surface area contributed by atoms with Crippen molar-refractivity contribution in [2.75, 3.05) is 19.6 Å². The number of aryl methyl sites for hydroxylation is 3. The van der Waals surface area contributed by atoms with E-state index in [0.717, 1.165) is 34.1 Å². The standard InChI is InChI=1S/C25H21N.C24H19N.C19H15N.C19H17N.C18H13N.C18H15N.3C2H6/c1-20-12-14-21(15-13-20)22-16-18-25(19-17-22)26(23-8-4-2-5-9-23)24-10-6-3-7-11-24;1-4-10-20(11-5-1)21-16-18-24(19-17-21)25(22-12-6-2-7-13-22)23-14-8-3-9-15-23;1-14-11-12-19-17(13-14)16-9-5-6-10-18(16)20(19)15-7-3-2-4-8-15;1-16-12-14-19(15-13-16)20(17-8-4-2-5-9-17)18-10-6-3-7-11-18;1-2-8-14(9-3-1)19-17-12-6-4-10-15(17)16-11-5-7-13-18(16)19;1-4-10-16(11-5-1)19(17-12-6-2-7-13-17)18-14-8-3-9-15-18;3*1-2/h2-19H,1H3;1-19H;2-13H,1H3;2-15H,1H3;1-13H;1-15H;3*1-2H3. The van der Waals surface area contributed by atoms with Gasteiger partial charge in [0.15, 0.2) is 0 Å². The van der Waals surface area contributed by atoms with Gasteiger partial charge in [-0.2, -0.15) is 0 Å². The van der Waals surface area contributed by atoms with E-state index in [2.05, 4.69) is 541 Å². The molecule has 6 heteroatoms. The third-order valence-corrected chi connectivity index (χ3v) is 22.6. The first-order valence-electron chi connectivity index (χ1n) is 47.0. The summed E-state index contributed by atoms with van der Waals surface area (Å²) in [6.07, 6.45) is 0. The Hall–Kier alpha value is -16.8. The van der Waals surface area contributed by atoms with Gasteiger partial charge in [0.2, 0.25) is 0 Å². The lowest BCUT2D eigenvalue weighted by atomic mass is 10.0. The summed E-state index contributed by atoms with van der Waals surface area (Å²) in [6, 6.07) is 193. The summed E-state index contributed by atoms with van der Waals surface area (Å²) in [6.45, 7) is 18.4. The Labute approximate surface area is 799 Å². The number of anilines is 12. The molecule has 6 nitrogen and oxygen atoms in total. The van der Waals surface area contributed by atoms with E-state index in [-0.39, 0.29) is 0 Å². The minimum absolute atomic E-state index is 1.15. The molecular weight excluding hydrogens is 1630 g/mol. The Morgan fingerprint density at radius 2 is 0.296 bits per heavy atom. The predicted molar refractivity (Wildman–Crippen MR) is 585 cm³/mol. The Bertz CT molecular complexity index is 6900. The second kappa shape index (κ2) is 49.3. The first-order chi connectivity index (χ1) is 66.8. The van der Waals surface area contributed by atoms with E-state index in [9.17, 15) is 0 Å². The summed E-state index contributed by atoms with van der Waals surface area (Å²) in [7, 11) is 0. The molecule has 22 rings (SSSR count). The van der Waals surface area contributed by atoms with Crippen LogP contribution >= 0.6 is 0 Å². The van der Waals surface area contributed by atoms with Gasteiger partial charge in [0.25, 0.3) is 0 Å². The number of fused-ring (bicyclic) bond motifs is 6. The highest BCUT2D eigenvalue weighted by molar-refractivity contribution is 6.10. The monoisotopic (exact) mass is 1750 g/mol. The van der Waals surface area contributed by atoms with Crippen LogP contribution in [0.3, 0.4) is 0 Å². The van der Waals surface area contributed by atoms with Crippen molar-refractivity contribution in [2.45, 2.75) is 62.3 Å². The van der Waals surface area contributed by atoms with Crippen molar-refractivity contribution in [1.82, 2.24) is 9.13 Å². The van der Waals surface area contributed by atoms with Gasteiger partial charge in [0, 0.05) is 101 Å². The van der Waals surface area contributed by atoms with Crippen molar-refractivity contribution < 1.29 is 0 Å². The molecule has 20 aromatic carbocycles. The molecule has 0 aliphatic carbocycles. The summed E-state index contributed by atoms with van der Waals surface area (Å²) in [5.41, 5.74) is 30.2. The molecule has 0 radical (unpaired) electrons. The van der Waals surface area contributed by atoms with Crippen LogP contribution in [0.1, 0.15) is 58.2 Å². The lowest BCUT2D eigenvalue weighted by Gasteiger charge is -2.25. The molecule has 135 heavy (non-hydrogen) atoms. The maximum Gasteiger partial charge on any atom is 0.0541 e. The Kier molecular flexibility index (Phi) is 34.4. The SMILES string of the molecule is CC.CC.CC.Cc1ccc(-c2ccc(N(c3ccccc3)c3ccccc3)cc2)cc1.Cc1ccc(N(c2ccccc2)c2ccccc2)cc1.Cc1ccc2c(c1)c1ccccc1n2-c1ccccc1.c1ccc(-c2ccc(N(c3ccccc3)c3ccccc3)cc2)cc1.c1ccc(-n2c3ccccc3c3ccccc32)cc1.c1ccc(N(c2ccccc2)c2ccccc2)cc1. The van der Waals surface area contributed by atoms with Crippen LogP contribution in [0, 0.1) is 20.8 Å². The maximum absolute atomic E-state index is 2.34. The van der Waals surface area contributed by atoms with Crippen molar-refractivity contribution in [1.29, 1.82) is 0 Å². The molecule has 0 N–H and O–H groups in total. The third-order valence-electron chi connectivity index (χ3n) is 22.6. The fraction of sp³-hybridized carbons (Fsp3) is 0.0698. The second-order valence-electron chi connectivity index (χ2n) is 31.4. The van der Waals surface area contributed by atoms with Gasteiger partial charge in [-0.25, -0.2) is 0 Å². The molecule has 0 atom stereocenters. The first-order valence-corrected chi connectivity index (χ1v) is 47.0.